The van der Waals surface area contributed by atoms with Crippen LogP contribution in [0, 0.1) is 11.3 Å². The number of rotatable bonds is 1. The van der Waals surface area contributed by atoms with Gasteiger partial charge in [-0.2, -0.15) is 5.26 Å². The minimum Gasteiger partial charge on any atom is -0.340 e. The molecule has 0 radical (unpaired) electrons. The molecule has 0 aliphatic rings. The summed E-state index contributed by atoms with van der Waals surface area (Å²) in [5.41, 5.74) is 2.88. The molecule has 5 nitrogen and oxygen atoms in total. The van der Waals surface area contributed by atoms with Gasteiger partial charge in [0.1, 0.15) is 17.3 Å². The highest BCUT2D eigenvalue weighted by Crippen LogP contribution is 2.20. The van der Waals surface area contributed by atoms with Crippen molar-refractivity contribution >= 4 is 11.0 Å². The number of para-hydroxylation sites is 1. The van der Waals surface area contributed by atoms with Gasteiger partial charge >= 0.3 is 0 Å². The highest BCUT2D eigenvalue weighted by Gasteiger charge is 2.09. The fourth-order valence-electron chi connectivity index (χ4n) is 1.78. The molecule has 0 amide bonds. The van der Waals surface area contributed by atoms with Gasteiger partial charge in [0.15, 0.2) is 5.82 Å². The van der Waals surface area contributed by atoms with E-state index in [0.29, 0.717) is 16.9 Å². The first-order chi connectivity index (χ1) is 8.28. The van der Waals surface area contributed by atoms with Crippen LogP contribution in [0.3, 0.4) is 0 Å². The van der Waals surface area contributed by atoms with Gasteiger partial charge in [0.2, 0.25) is 0 Å². The average Bonchev–Trinajstić information content (AvgIpc) is 2.93. The van der Waals surface area contributed by atoms with Crippen molar-refractivity contribution in [2.24, 2.45) is 7.05 Å². The number of imidazole rings is 2. The summed E-state index contributed by atoms with van der Waals surface area (Å²) in [6.07, 6.45) is 3.59. The van der Waals surface area contributed by atoms with Crippen molar-refractivity contribution in [1.29, 1.82) is 5.26 Å². The first kappa shape index (κ1) is 9.60. The molecule has 0 saturated heterocycles. The van der Waals surface area contributed by atoms with E-state index in [2.05, 4.69) is 21.0 Å². The van der Waals surface area contributed by atoms with Crippen molar-refractivity contribution in [1.82, 2.24) is 19.5 Å². The van der Waals surface area contributed by atoms with Crippen LogP contribution in [0.15, 0.2) is 30.7 Å². The van der Waals surface area contributed by atoms with Gasteiger partial charge in [0.05, 0.1) is 17.4 Å². The van der Waals surface area contributed by atoms with Crippen LogP contribution in [0.1, 0.15) is 5.56 Å². The van der Waals surface area contributed by atoms with Gasteiger partial charge in [0.25, 0.3) is 0 Å². The molecule has 0 bridgehead atoms. The van der Waals surface area contributed by atoms with E-state index >= 15 is 0 Å². The van der Waals surface area contributed by atoms with E-state index in [1.54, 1.807) is 12.4 Å². The highest BCUT2D eigenvalue weighted by molar-refractivity contribution is 5.83. The molecule has 2 aromatic heterocycles. The van der Waals surface area contributed by atoms with Crippen LogP contribution in [-0.4, -0.2) is 19.5 Å². The number of nitrogens with one attached hydrogen (secondary N) is 1. The summed E-state index contributed by atoms with van der Waals surface area (Å²) in [4.78, 5) is 11.8. The molecule has 1 N–H and O–H groups in total. The Morgan fingerprint density at radius 2 is 2.29 bits per heavy atom. The number of aromatic amines is 1. The normalized spacial score (nSPS) is 10.6. The number of nitrogens with zero attached hydrogens (tertiary/aromatic N) is 4. The minimum atomic E-state index is 0.570. The summed E-state index contributed by atoms with van der Waals surface area (Å²) in [6, 6.07) is 7.62. The maximum Gasteiger partial charge on any atom is 0.158 e. The number of benzene rings is 1. The van der Waals surface area contributed by atoms with E-state index < -0.39 is 0 Å². The number of aromatic nitrogens is 4. The van der Waals surface area contributed by atoms with Crippen LogP contribution in [-0.2, 0) is 7.05 Å². The number of fused-ring (bicyclic) bond motifs is 1. The molecule has 0 spiro atoms. The lowest BCUT2D eigenvalue weighted by molar-refractivity contribution is 0.913. The Labute approximate surface area is 97.4 Å². The van der Waals surface area contributed by atoms with E-state index in [1.165, 1.54) is 0 Å². The predicted octanol–water partition coefficient (Wildman–Crippen LogP) is 1.84. The molecule has 0 saturated carbocycles. The molecular formula is C12H9N5. The Bertz CT molecular complexity index is 729. The summed E-state index contributed by atoms with van der Waals surface area (Å²) < 4.78 is 1.85. The van der Waals surface area contributed by atoms with E-state index in [-0.39, 0.29) is 0 Å². The largest absolute Gasteiger partial charge is 0.340 e. The molecule has 3 rings (SSSR count). The van der Waals surface area contributed by atoms with Gasteiger partial charge in [-0.15, -0.1) is 0 Å². The molecule has 0 aliphatic heterocycles. The van der Waals surface area contributed by atoms with Gasteiger partial charge in [-0.1, -0.05) is 6.07 Å². The van der Waals surface area contributed by atoms with Crippen LogP contribution in [0.25, 0.3) is 22.6 Å². The maximum atomic E-state index is 9.00. The van der Waals surface area contributed by atoms with Crippen LogP contribution in [0.2, 0.25) is 0 Å². The number of hydrogen-bond acceptors (Lipinski definition) is 3. The first-order valence-corrected chi connectivity index (χ1v) is 5.15. The van der Waals surface area contributed by atoms with Crippen molar-refractivity contribution in [3.63, 3.8) is 0 Å². The number of hydrogen-bond donors (Lipinski definition) is 1. The Kier molecular flexibility index (Phi) is 1.95. The van der Waals surface area contributed by atoms with Crippen LogP contribution >= 0.6 is 0 Å². The second kappa shape index (κ2) is 3.46. The molecule has 2 heterocycles. The molecule has 3 aromatic rings. The molecule has 0 aliphatic carbocycles. The van der Waals surface area contributed by atoms with E-state index in [4.69, 9.17) is 5.26 Å². The zero-order chi connectivity index (χ0) is 11.8. The zero-order valence-electron chi connectivity index (χ0n) is 9.18. The first-order valence-electron chi connectivity index (χ1n) is 5.15. The van der Waals surface area contributed by atoms with Crippen molar-refractivity contribution < 1.29 is 0 Å². The van der Waals surface area contributed by atoms with E-state index in [1.807, 2.05) is 29.9 Å². The van der Waals surface area contributed by atoms with Crippen molar-refractivity contribution in [2.45, 2.75) is 0 Å². The SMILES string of the molecule is Cn1cnc(-c2nc3c(C#N)cccc3[nH]2)c1. The minimum absolute atomic E-state index is 0.570. The third-order valence-electron chi connectivity index (χ3n) is 2.58. The highest BCUT2D eigenvalue weighted by atomic mass is 15.0. The standard InChI is InChI=1S/C12H9N5/c1-17-6-10(14-7-17)12-15-9-4-2-3-8(5-13)11(9)16-12/h2-4,6-7H,1H3,(H,15,16). The third kappa shape index (κ3) is 1.47. The summed E-state index contributed by atoms with van der Waals surface area (Å²) in [7, 11) is 1.90. The summed E-state index contributed by atoms with van der Waals surface area (Å²) in [6.45, 7) is 0. The molecular weight excluding hydrogens is 214 g/mol. The van der Waals surface area contributed by atoms with Crippen molar-refractivity contribution in [3.05, 3.63) is 36.3 Å². The smallest absolute Gasteiger partial charge is 0.158 e. The predicted molar refractivity (Wildman–Crippen MR) is 63.0 cm³/mol. The van der Waals surface area contributed by atoms with Crippen molar-refractivity contribution in [2.75, 3.05) is 0 Å². The monoisotopic (exact) mass is 223 g/mol. The topological polar surface area (TPSA) is 70.3 Å². The van der Waals surface area contributed by atoms with Crippen LogP contribution < -0.4 is 0 Å². The lowest BCUT2D eigenvalue weighted by Crippen LogP contribution is -1.80. The Morgan fingerprint density at radius 3 is 3.00 bits per heavy atom. The number of aryl methyl sites for hydroxylation is 1. The fraction of sp³-hybridized carbons (Fsp3) is 0.0833. The number of H-pyrrole nitrogens is 1. The summed E-state index contributed by atoms with van der Waals surface area (Å²) >= 11 is 0. The Hall–Kier alpha value is -2.61. The molecule has 0 atom stereocenters. The van der Waals surface area contributed by atoms with Gasteiger partial charge in [-0.3, -0.25) is 0 Å². The van der Waals surface area contributed by atoms with Crippen LogP contribution in [0.4, 0.5) is 0 Å². The second-order valence-corrected chi connectivity index (χ2v) is 3.82. The molecule has 82 valence electrons. The number of nitriles is 1. The average molecular weight is 223 g/mol. The van der Waals surface area contributed by atoms with Crippen LogP contribution in [0.5, 0.6) is 0 Å². The molecule has 0 fully saturated rings. The van der Waals surface area contributed by atoms with Gasteiger partial charge < -0.3 is 9.55 Å². The van der Waals surface area contributed by atoms with Crippen molar-refractivity contribution in [3.8, 4) is 17.6 Å². The molecule has 17 heavy (non-hydrogen) atoms. The lowest BCUT2D eigenvalue weighted by Gasteiger charge is -1.87. The Balaban J connectivity index is 2.24. The Morgan fingerprint density at radius 1 is 1.41 bits per heavy atom. The summed E-state index contributed by atoms with van der Waals surface area (Å²) in [5.74, 6) is 0.684. The molecule has 5 heteroatoms. The van der Waals surface area contributed by atoms with E-state index in [0.717, 1.165) is 11.2 Å². The van der Waals surface area contributed by atoms with E-state index in [9.17, 15) is 0 Å². The van der Waals surface area contributed by atoms with Gasteiger partial charge in [-0.25, -0.2) is 9.97 Å². The third-order valence-corrected chi connectivity index (χ3v) is 2.58. The quantitative estimate of drug-likeness (QED) is 0.684. The molecule has 0 unspecified atom stereocenters. The fourth-order valence-corrected chi connectivity index (χ4v) is 1.78. The lowest BCUT2D eigenvalue weighted by atomic mass is 10.2. The molecule has 1 aromatic carbocycles. The van der Waals surface area contributed by atoms with Gasteiger partial charge in [-0.05, 0) is 12.1 Å². The zero-order valence-corrected chi connectivity index (χ0v) is 9.18. The second-order valence-electron chi connectivity index (χ2n) is 3.82. The maximum absolute atomic E-state index is 9.00. The van der Waals surface area contributed by atoms with Gasteiger partial charge in [0, 0.05) is 13.2 Å². The summed E-state index contributed by atoms with van der Waals surface area (Å²) in [5, 5.41) is 9.00.